The minimum absolute atomic E-state index is 1.13. The van der Waals surface area contributed by atoms with Crippen molar-refractivity contribution in [3.63, 3.8) is 0 Å². The van der Waals surface area contributed by atoms with Gasteiger partial charge in [-0.25, -0.2) is 0 Å². The van der Waals surface area contributed by atoms with Crippen molar-refractivity contribution in [3.05, 3.63) is 34.3 Å². The van der Waals surface area contributed by atoms with Crippen molar-refractivity contribution in [2.45, 2.75) is 25.7 Å². The van der Waals surface area contributed by atoms with Crippen LogP contribution in [-0.4, -0.2) is 5.33 Å². The molecule has 0 amide bonds. The van der Waals surface area contributed by atoms with Crippen LogP contribution >= 0.6 is 31.9 Å². The lowest BCUT2D eigenvalue weighted by molar-refractivity contribution is 0.723. The maximum atomic E-state index is 3.56. The van der Waals surface area contributed by atoms with Gasteiger partial charge in [0.15, 0.2) is 0 Å². The monoisotopic (exact) mass is 304 g/mol. The third-order valence-electron chi connectivity index (χ3n) is 2.04. The van der Waals surface area contributed by atoms with Crippen LogP contribution in [0.25, 0.3) is 0 Å². The smallest absolute Gasteiger partial charge is 0.0207 e. The summed E-state index contributed by atoms with van der Waals surface area (Å²) in [5.74, 6) is 0. The molecule has 0 N–H and O–H groups in total. The van der Waals surface area contributed by atoms with Gasteiger partial charge in [0.05, 0.1) is 0 Å². The largest absolute Gasteiger partial charge is 0.0928 e. The quantitative estimate of drug-likeness (QED) is 0.553. The number of alkyl halides is 1. The van der Waals surface area contributed by atoms with Crippen LogP contribution in [0.1, 0.15) is 24.8 Å². The normalized spacial score (nSPS) is 10.3. The Morgan fingerprint density at radius 2 is 1.77 bits per heavy atom. The molecular weight excluding hydrogens is 292 g/mol. The summed E-state index contributed by atoms with van der Waals surface area (Å²) in [5.41, 5.74) is 1.43. The first-order valence-electron chi connectivity index (χ1n) is 4.64. The van der Waals surface area contributed by atoms with Gasteiger partial charge in [0.25, 0.3) is 0 Å². The molecule has 0 radical (unpaired) electrons. The molecule has 0 aromatic heterocycles. The summed E-state index contributed by atoms with van der Waals surface area (Å²) in [4.78, 5) is 0. The molecule has 0 saturated carbocycles. The molecule has 0 aliphatic rings. The van der Waals surface area contributed by atoms with Gasteiger partial charge in [-0.05, 0) is 30.9 Å². The first kappa shape index (κ1) is 11.3. The zero-order valence-corrected chi connectivity index (χ0v) is 10.8. The molecule has 1 aromatic rings. The maximum absolute atomic E-state index is 3.56. The Labute approximate surface area is 97.0 Å². The third kappa shape index (κ3) is 4.28. The lowest BCUT2D eigenvalue weighted by Gasteiger charge is -2.02. The molecule has 0 nitrogen and oxygen atoms in total. The van der Waals surface area contributed by atoms with Crippen molar-refractivity contribution >= 4 is 31.9 Å². The van der Waals surface area contributed by atoms with Crippen LogP contribution < -0.4 is 0 Å². The van der Waals surface area contributed by atoms with E-state index < -0.39 is 0 Å². The fourth-order valence-electron chi connectivity index (χ4n) is 1.29. The number of rotatable bonds is 5. The molecule has 0 atom stereocenters. The number of halogens is 2. The fraction of sp³-hybridized carbons (Fsp3) is 0.455. The van der Waals surface area contributed by atoms with Crippen LogP contribution in [0, 0.1) is 0 Å². The van der Waals surface area contributed by atoms with E-state index in [1.165, 1.54) is 35.7 Å². The van der Waals surface area contributed by atoms with Gasteiger partial charge >= 0.3 is 0 Å². The average Bonchev–Trinajstić information content (AvgIpc) is 2.15. The molecule has 0 fully saturated rings. The minimum atomic E-state index is 1.13. The van der Waals surface area contributed by atoms with Gasteiger partial charge in [-0.3, -0.25) is 0 Å². The molecule has 0 bridgehead atoms. The Hall–Kier alpha value is 0.180. The number of hydrogen-bond acceptors (Lipinski definition) is 0. The van der Waals surface area contributed by atoms with Gasteiger partial charge in [-0.2, -0.15) is 0 Å². The van der Waals surface area contributed by atoms with Crippen molar-refractivity contribution in [2.75, 3.05) is 5.33 Å². The molecule has 0 aliphatic heterocycles. The first-order valence-corrected chi connectivity index (χ1v) is 6.55. The molecule has 0 unspecified atom stereocenters. The lowest BCUT2D eigenvalue weighted by atomic mass is 10.1. The molecular formula is C11H14Br2. The van der Waals surface area contributed by atoms with Crippen molar-refractivity contribution in [3.8, 4) is 0 Å². The lowest BCUT2D eigenvalue weighted by Crippen LogP contribution is -1.87. The molecule has 2 heteroatoms. The van der Waals surface area contributed by atoms with E-state index in [0.29, 0.717) is 0 Å². The standard InChI is InChI=1S/C11H14Br2/c12-9-5-1-2-6-10-7-3-4-8-11(10)13/h3-4,7-8H,1-2,5-6,9H2. The SMILES string of the molecule is BrCCCCCc1ccccc1Br. The number of benzene rings is 1. The molecule has 0 spiro atoms. The predicted octanol–water partition coefficient (Wildman–Crippen LogP) is 4.56. The number of aryl methyl sites for hydroxylation is 1. The van der Waals surface area contributed by atoms with E-state index in [1.807, 2.05) is 0 Å². The van der Waals surface area contributed by atoms with Gasteiger partial charge in [-0.15, -0.1) is 0 Å². The van der Waals surface area contributed by atoms with Crippen LogP contribution in [0.3, 0.4) is 0 Å². The van der Waals surface area contributed by atoms with Crippen LogP contribution in [0.15, 0.2) is 28.7 Å². The van der Waals surface area contributed by atoms with Crippen LogP contribution in [0.2, 0.25) is 0 Å². The second kappa shape index (κ2) is 6.61. The zero-order valence-electron chi connectivity index (χ0n) is 7.60. The first-order chi connectivity index (χ1) is 6.34. The number of unbranched alkanes of at least 4 members (excludes halogenated alkanes) is 2. The highest BCUT2D eigenvalue weighted by atomic mass is 79.9. The molecule has 0 heterocycles. The molecule has 13 heavy (non-hydrogen) atoms. The fourth-order valence-corrected chi connectivity index (χ4v) is 2.17. The molecule has 72 valence electrons. The van der Waals surface area contributed by atoms with Crippen molar-refractivity contribution < 1.29 is 0 Å². The van der Waals surface area contributed by atoms with Gasteiger partial charge in [0.1, 0.15) is 0 Å². The molecule has 0 saturated heterocycles. The van der Waals surface area contributed by atoms with E-state index in [-0.39, 0.29) is 0 Å². The van der Waals surface area contributed by atoms with E-state index in [9.17, 15) is 0 Å². The van der Waals surface area contributed by atoms with Gasteiger partial charge < -0.3 is 0 Å². The summed E-state index contributed by atoms with van der Waals surface area (Å²) >= 11 is 7.00. The topological polar surface area (TPSA) is 0 Å². The highest BCUT2D eigenvalue weighted by Gasteiger charge is 1.97. The Morgan fingerprint density at radius 1 is 1.00 bits per heavy atom. The molecule has 1 rings (SSSR count). The number of hydrogen-bond donors (Lipinski definition) is 0. The summed E-state index contributed by atoms with van der Waals surface area (Å²) < 4.78 is 1.24. The van der Waals surface area contributed by atoms with Crippen LogP contribution in [0.5, 0.6) is 0 Å². The summed E-state index contributed by atoms with van der Waals surface area (Å²) in [6.45, 7) is 0. The van der Waals surface area contributed by atoms with Crippen molar-refractivity contribution in [1.29, 1.82) is 0 Å². The second-order valence-corrected chi connectivity index (χ2v) is 4.74. The average molecular weight is 306 g/mol. The Balaban J connectivity index is 2.32. The van der Waals surface area contributed by atoms with E-state index in [1.54, 1.807) is 0 Å². The van der Waals surface area contributed by atoms with E-state index >= 15 is 0 Å². The summed E-state index contributed by atoms with van der Waals surface area (Å²) in [6, 6.07) is 8.47. The van der Waals surface area contributed by atoms with Gasteiger partial charge in [-0.1, -0.05) is 56.5 Å². The van der Waals surface area contributed by atoms with Crippen molar-refractivity contribution in [1.82, 2.24) is 0 Å². The minimum Gasteiger partial charge on any atom is -0.0928 e. The van der Waals surface area contributed by atoms with Crippen LogP contribution in [-0.2, 0) is 6.42 Å². The predicted molar refractivity (Wildman–Crippen MR) is 65.5 cm³/mol. The summed E-state index contributed by atoms with van der Waals surface area (Å²) in [5, 5.41) is 1.13. The molecule has 1 aromatic carbocycles. The van der Waals surface area contributed by atoms with Crippen molar-refractivity contribution in [2.24, 2.45) is 0 Å². The Kier molecular flexibility index (Phi) is 5.72. The Bertz CT molecular complexity index is 246. The van der Waals surface area contributed by atoms with Gasteiger partial charge in [0.2, 0.25) is 0 Å². The highest BCUT2D eigenvalue weighted by molar-refractivity contribution is 9.10. The second-order valence-electron chi connectivity index (χ2n) is 3.09. The van der Waals surface area contributed by atoms with E-state index in [2.05, 4.69) is 56.1 Å². The summed E-state index contributed by atoms with van der Waals surface area (Å²) in [6.07, 6.45) is 5.07. The van der Waals surface area contributed by atoms with E-state index in [0.717, 1.165) is 5.33 Å². The Morgan fingerprint density at radius 3 is 2.46 bits per heavy atom. The maximum Gasteiger partial charge on any atom is 0.0207 e. The van der Waals surface area contributed by atoms with Gasteiger partial charge in [0, 0.05) is 9.80 Å². The van der Waals surface area contributed by atoms with E-state index in [4.69, 9.17) is 0 Å². The summed E-state index contributed by atoms with van der Waals surface area (Å²) in [7, 11) is 0. The third-order valence-corrected chi connectivity index (χ3v) is 3.37. The zero-order chi connectivity index (χ0) is 9.52. The molecule has 0 aliphatic carbocycles. The van der Waals surface area contributed by atoms with Crippen LogP contribution in [0.4, 0.5) is 0 Å². The highest BCUT2D eigenvalue weighted by Crippen LogP contribution is 2.18.